The van der Waals surface area contributed by atoms with Gasteiger partial charge in [-0.05, 0) is 0 Å². The van der Waals surface area contributed by atoms with Gasteiger partial charge in [0.2, 0.25) is 0 Å². The van der Waals surface area contributed by atoms with Crippen LogP contribution in [0.3, 0.4) is 0 Å². The monoisotopic (exact) mass is 169 g/mol. The zero-order chi connectivity index (χ0) is 8.65. The van der Waals surface area contributed by atoms with Crippen LogP contribution in [0, 0.1) is 5.92 Å². The summed E-state index contributed by atoms with van der Waals surface area (Å²) in [7, 11) is 0. The highest BCUT2D eigenvalue weighted by atomic mass is 19.4. The molecular formula is C5H6F3NO2. The Labute approximate surface area is 60.4 Å². The zero-order valence-corrected chi connectivity index (χ0v) is 5.43. The third kappa shape index (κ3) is 1.55. The first-order valence-electron chi connectivity index (χ1n) is 2.96. The largest absolute Gasteiger partial charge is 0.465 e. The number of carboxylic acid groups (broad SMARTS) is 1. The summed E-state index contributed by atoms with van der Waals surface area (Å²) in [6.07, 6.45) is -5.53. The molecule has 1 aliphatic heterocycles. The van der Waals surface area contributed by atoms with Gasteiger partial charge in [0.1, 0.15) is 0 Å². The fraction of sp³-hybridized carbons (Fsp3) is 0.800. The van der Waals surface area contributed by atoms with E-state index in [4.69, 9.17) is 5.11 Å². The highest BCUT2D eigenvalue weighted by Gasteiger charge is 2.48. The summed E-state index contributed by atoms with van der Waals surface area (Å²) < 4.78 is 35.2. The summed E-state index contributed by atoms with van der Waals surface area (Å²) >= 11 is 0. The standard InChI is InChI=1S/C5H6F3NO2/c6-5(7,8)3-1-9(2-3)4(10)11/h3H,1-2H2,(H,10,11). The summed E-state index contributed by atoms with van der Waals surface area (Å²) in [6.45, 7) is -0.836. The fourth-order valence-corrected chi connectivity index (χ4v) is 0.842. The molecule has 1 heterocycles. The molecule has 6 heteroatoms. The van der Waals surface area contributed by atoms with Crippen LogP contribution < -0.4 is 0 Å². The number of hydrogen-bond acceptors (Lipinski definition) is 1. The van der Waals surface area contributed by atoms with Crippen LogP contribution in [0.15, 0.2) is 0 Å². The average molecular weight is 169 g/mol. The summed E-state index contributed by atoms with van der Waals surface area (Å²) in [6, 6.07) is 0. The first-order valence-corrected chi connectivity index (χ1v) is 2.96. The normalized spacial score (nSPS) is 19.7. The van der Waals surface area contributed by atoms with Crippen LogP contribution in [0.25, 0.3) is 0 Å². The molecule has 0 bridgehead atoms. The third-order valence-corrected chi connectivity index (χ3v) is 1.61. The first kappa shape index (κ1) is 8.16. The van der Waals surface area contributed by atoms with Crippen molar-refractivity contribution >= 4 is 6.09 Å². The third-order valence-electron chi connectivity index (χ3n) is 1.61. The van der Waals surface area contributed by atoms with Crippen LogP contribution in [0.5, 0.6) is 0 Å². The lowest BCUT2D eigenvalue weighted by molar-refractivity contribution is -0.203. The van der Waals surface area contributed by atoms with Crippen LogP contribution in [0.4, 0.5) is 18.0 Å². The van der Waals surface area contributed by atoms with Crippen molar-refractivity contribution in [3.8, 4) is 0 Å². The van der Waals surface area contributed by atoms with E-state index in [2.05, 4.69) is 0 Å². The number of carbonyl (C=O) groups is 1. The topological polar surface area (TPSA) is 40.5 Å². The van der Waals surface area contributed by atoms with E-state index in [0.29, 0.717) is 0 Å². The molecule has 0 saturated carbocycles. The predicted octanol–water partition coefficient (Wildman–Crippen LogP) is 1.16. The van der Waals surface area contributed by atoms with Crippen molar-refractivity contribution in [2.24, 2.45) is 5.92 Å². The molecule has 1 fully saturated rings. The molecule has 3 nitrogen and oxygen atoms in total. The molecule has 1 amide bonds. The Kier molecular flexibility index (Phi) is 1.69. The number of amides is 1. The smallest absolute Gasteiger partial charge is 0.407 e. The van der Waals surface area contributed by atoms with Crippen molar-refractivity contribution in [1.29, 1.82) is 0 Å². The van der Waals surface area contributed by atoms with Gasteiger partial charge in [0.25, 0.3) is 0 Å². The van der Waals surface area contributed by atoms with E-state index >= 15 is 0 Å². The molecule has 11 heavy (non-hydrogen) atoms. The number of alkyl halides is 3. The van der Waals surface area contributed by atoms with E-state index in [1.54, 1.807) is 0 Å². The van der Waals surface area contributed by atoms with E-state index in [-0.39, 0.29) is 0 Å². The predicted molar refractivity (Wildman–Crippen MR) is 29.1 cm³/mol. The van der Waals surface area contributed by atoms with Gasteiger partial charge in [-0.15, -0.1) is 0 Å². The fourth-order valence-electron chi connectivity index (χ4n) is 0.842. The average Bonchev–Trinajstić information content (AvgIpc) is 1.51. The van der Waals surface area contributed by atoms with Gasteiger partial charge < -0.3 is 10.0 Å². The molecule has 0 spiro atoms. The van der Waals surface area contributed by atoms with Crippen molar-refractivity contribution in [1.82, 2.24) is 4.90 Å². The molecule has 0 aliphatic carbocycles. The van der Waals surface area contributed by atoms with Crippen molar-refractivity contribution in [2.45, 2.75) is 6.18 Å². The first-order chi connectivity index (χ1) is 4.91. The SMILES string of the molecule is O=C(O)N1CC(C(F)(F)F)C1. The lowest BCUT2D eigenvalue weighted by Gasteiger charge is -2.37. The lowest BCUT2D eigenvalue weighted by atomic mass is 10.0. The molecule has 1 saturated heterocycles. The molecule has 0 aromatic rings. The molecule has 0 aromatic carbocycles. The minimum Gasteiger partial charge on any atom is -0.465 e. The minimum absolute atomic E-state index is 0.418. The summed E-state index contributed by atoms with van der Waals surface area (Å²) in [5.41, 5.74) is 0. The van der Waals surface area contributed by atoms with Gasteiger partial charge in [-0.1, -0.05) is 0 Å². The Hall–Kier alpha value is -0.940. The molecule has 0 radical (unpaired) electrons. The van der Waals surface area contributed by atoms with Crippen molar-refractivity contribution in [3.05, 3.63) is 0 Å². The quantitative estimate of drug-likeness (QED) is 0.591. The van der Waals surface area contributed by atoms with E-state index in [9.17, 15) is 18.0 Å². The maximum absolute atomic E-state index is 11.7. The van der Waals surface area contributed by atoms with Crippen LogP contribution in [-0.4, -0.2) is 35.4 Å². The molecule has 0 aromatic heterocycles. The van der Waals surface area contributed by atoms with Crippen LogP contribution in [0.1, 0.15) is 0 Å². The van der Waals surface area contributed by atoms with E-state index < -0.39 is 31.3 Å². The second-order valence-corrected chi connectivity index (χ2v) is 2.43. The number of nitrogens with zero attached hydrogens (tertiary/aromatic N) is 1. The van der Waals surface area contributed by atoms with Gasteiger partial charge in [-0.2, -0.15) is 13.2 Å². The van der Waals surface area contributed by atoms with Gasteiger partial charge in [-0.3, -0.25) is 0 Å². The molecule has 0 unspecified atom stereocenters. The van der Waals surface area contributed by atoms with Gasteiger partial charge in [0.05, 0.1) is 5.92 Å². The van der Waals surface area contributed by atoms with Crippen LogP contribution >= 0.6 is 0 Å². The number of likely N-dealkylation sites (tertiary alicyclic amines) is 1. The Morgan fingerprint density at radius 1 is 1.45 bits per heavy atom. The highest BCUT2D eigenvalue weighted by molar-refractivity contribution is 5.66. The molecule has 64 valence electrons. The summed E-state index contributed by atoms with van der Waals surface area (Å²) in [5, 5.41) is 8.18. The summed E-state index contributed by atoms with van der Waals surface area (Å²) in [5.74, 6) is -1.46. The number of rotatable bonds is 0. The second-order valence-electron chi connectivity index (χ2n) is 2.43. The molecular weight excluding hydrogens is 163 g/mol. The van der Waals surface area contributed by atoms with E-state index in [1.165, 1.54) is 0 Å². The summed E-state index contributed by atoms with van der Waals surface area (Å²) in [4.78, 5) is 10.7. The number of hydrogen-bond donors (Lipinski definition) is 1. The van der Waals surface area contributed by atoms with E-state index in [0.717, 1.165) is 4.90 Å². The van der Waals surface area contributed by atoms with Gasteiger partial charge >= 0.3 is 12.3 Å². The Balaban J connectivity index is 2.35. The molecule has 1 rings (SSSR count). The lowest BCUT2D eigenvalue weighted by Crippen LogP contribution is -2.55. The van der Waals surface area contributed by atoms with Crippen molar-refractivity contribution < 1.29 is 23.1 Å². The van der Waals surface area contributed by atoms with Gasteiger partial charge in [-0.25, -0.2) is 4.79 Å². The minimum atomic E-state index is -4.24. The Bertz CT molecular complexity index is 173. The zero-order valence-electron chi connectivity index (χ0n) is 5.43. The van der Waals surface area contributed by atoms with Crippen molar-refractivity contribution in [2.75, 3.05) is 13.1 Å². The Morgan fingerprint density at radius 3 is 2.18 bits per heavy atom. The highest BCUT2D eigenvalue weighted by Crippen LogP contribution is 2.33. The van der Waals surface area contributed by atoms with E-state index in [1.807, 2.05) is 0 Å². The molecule has 0 atom stereocenters. The van der Waals surface area contributed by atoms with Crippen LogP contribution in [0.2, 0.25) is 0 Å². The second kappa shape index (κ2) is 2.28. The van der Waals surface area contributed by atoms with Gasteiger partial charge in [0.15, 0.2) is 0 Å². The molecule has 1 N–H and O–H groups in total. The van der Waals surface area contributed by atoms with Gasteiger partial charge in [0, 0.05) is 13.1 Å². The molecule has 1 aliphatic rings. The Morgan fingerprint density at radius 2 is 1.91 bits per heavy atom. The van der Waals surface area contributed by atoms with Crippen LogP contribution in [-0.2, 0) is 0 Å². The maximum atomic E-state index is 11.7. The maximum Gasteiger partial charge on any atom is 0.407 e. The van der Waals surface area contributed by atoms with Crippen molar-refractivity contribution in [3.63, 3.8) is 0 Å². The number of halogens is 3.